The molecule has 0 bridgehead atoms. The summed E-state index contributed by atoms with van der Waals surface area (Å²) >= 11 is 0. The zero-order chi connectivity index (χ0) is 18.1. The maximum absolute atomic E-state index is 14.0. The third-order valence-corrected chi connectivity index (χ3v) is 3.90. The lowest BCUT2D eigenvalue weighted by atomic mass is 10.0. The maximum Gasteiger partial charge on any atom is 0.327 e. The molecule has 0 aromatic heterocycles. The van der Waals surface area contributed by atoms with Crippen LogP contribution in [0.3, 0.4) is 0 Å². The Balaban J connectivity index is 2.47. The summed E-state index contributed by atoms with van der Waals surface area (Å²) in [7, 11) is -4.72. The van der Waals surface area contributed by atoms with E-state index in [2.05, 4.69) is 0 Å². The highest BCUT2D eigenvalue weighted by molar-refractivity contribution is 7.85. The molecule has 0 heterocycles. The molecular weight excluding hydrogens is 348 g/mol. The number of carboxylic acid groups (broad SMARTS) is 1. The lowest BCUT2D eigenvalue weighted by Crippen LogP contribution is -2.45. The van der Waals surface area contributed by atoms with Crippen LogP contribution in [-0.4, -0.2) is 41.7 Å². The molecule has 0 radical (unpaired) electrons. The predicted molar refractivity (Wildman–Crippen MR) is 79.2 cm³/mol. The molecule has 7 nitrogen and oxygen atoms in total. The minimum absolute atomic E-state index is 0.0184. The lowest BCUT2D eigenvalue weighted by Gasteiger charge is -2.15. The predicted octanol–water partition coefficient (Wildman–Crippen LogP) is 1.19. The van der Waals surface area contributed by atoms with Crippen LogP contribution in [0.2, 0.25) is 0 Å². The largest absolute Gasteiger partial charge is 0.480 e. The van der Waals surface area contributed by atoms with Crippen molar-refractivity contribution in [1.82, 2.24) is 5.32 Å². The molecule has 2 rings (SSSR count). The molecule has 2 aromatic carbocycles. The van der Waals surface area contributed by atoms with Gasteiger partial charge in [-0.3, -0.25) is 9.35 Å². The molecule has 0 unspecified atom stereocenters. The number of hydrogen-bond donors (Lipinski definition) is 3. The van der Waals surface area contributed by atoms with Crippen LogP contribution in [0.25, 0.3) is 10.8 Å². The lowest BCUT2D eigenvalue weighted by molar-refractivity contribution is -0.138. The van der Waals surface area contributed by atoms with Crippen molar-refractivity contribution in [2.24, 2.45) is 0 Å². The number of amides is 1. The second kappa shape index (κ2) is 6.49. The Morgan fingerprint density at radius 1 is 1.21 bits per heavy atom. The van der Waals surface area contributed by atoms with Gasteiger partial charge in [-0.1, -0.05) is 24.3 Å². The number of halogens is 2. The Bertz CT molecular complexity index is 928. The minimum Gasteiger partial charge on any atom is -0.480 e. The number of benzene rings is 2. The number of hydrogen-bond acceptors (Lipinski definition) is 4. The van der Waals surface area contributed by atoms with Crippen molar-refractivity contribution in [2.45, 2.75) is 6.04 Å². The van der Waals surface area contributed by atoms with Crippen LogP contribution in [-0.2, 0) is 14.9 Å². The molecule has 10 heteroatoms. The molecule has 0 aliphatic heterocycles. The maximum atomic E-state index is 14.0. The number of nitrogens with one attached hydrogen (secondary N) is 1. The third kappa shape index (κ3) is 3.84. The highest BCUT2D eigenvalue weighted by Crippen LogP contribution is 2.24. The van der Waals surface area contributed by atoms with Crippen LogP contribution < -0.4 is 5.32 Å². The average molecular weight is 359 g/mol. The van der Waals surface area contributed by atoms with Crippen LogP contribution in [0.15, 0.2) is 30.3 Å². The fourth-order valence-electron chi connectivity index (χ4n) is 2.13. The zero-order valence-corrected chi connectivity index (χ0v) is 12.7. The smallest absolute Gasteiger partial charge is 0.327 e. The third-order valence-electron chi connectivity index (χ3n) is 3.15. The molecule has 0 saturated carbocycles. The van der Waals surface area contributed by atoms with Gasteiger partial charge in [-0.2, -0.15) is 8.42 Å². The van der Waals surface area contributed by atoms with Gasteiger partial charge in [0.15, 0.2) is 11.6 Å². The summed E-state index contributed by atoms with van der Waals surface area (Å²) in [6.07, 6.45) is 0. The second-order valence-corrected chi connectivity index (χ2v) is 6.38. The van der Waals surface area contributed by atoms with E-state index in [0.29, 0.717) is 0 Å². The standard InChI is InChI=1S/C14H11F2NO6S/c15-9-5-7-3-1-2-4-8(7)11(12(9)16)13(18)17-10(14(19)20)6-24(21,22)23/h1-5,10H,6H2,(H,17,18)(H,19,20)(H,21,22,23)/t10-/m0/s1. The van der Waals surface area contributed by atoms with E-state index in [1.54, 1.807) is 5.32 Å². The van der Waals surface area contributed by atoms with Crippen molar-refractivity contribution in [3.05, 3.63) is 47.5 Å². The van der Waals surface area contributed by atoms with E-state index in [9.17, 15) is 26.8 Å². The van der Waals surface area contributed by atoms with E-state index in [-0.39, 0.29) is 10.8 Å². The van der Waals surface area contributed by atoms with Crippen molar-refractivity contribution in [3.63, 3.8) is 0 Å². The fourth-order valence-corrected chi connectivity index (χ4v) is 2.77. The van der Waals surface area contributed by atoms with Gasteiger partial charge in [-0.15, -0.1) is 0 Å². The number of aliphatic carboxylic acids is 1. The van der Waals surface area contributed by atoms with E-state index in [4.69, 9.17) is 9.66 Å². The molecule has 1 amide bonds. The molecule has 3 N–H and O–H groups in total. The van der Waals surface area contributed by atoms with Gasteiger partial charge in [0.1, 0.15) is 11.8 Å². The summed E-state index contributed by atoms with van der Waals surface area (Å²) in [5.41, 5.74) is -0.757. The van der Waals surface area contributed by atoms with Crippen molar-refractivity contribution in [1.29, 1.82) is 0 Å². The van der Waals surface area contributed by atoms with Gasteiger partial charge in [-0.05, 0) is 16.8 Å². The SMILES string of the molecule is O=C(N[C@@H](CS(=O)(=O)O)C(=O)O)c1c(F)c(F)cc2ccccc12. The first kappa shape index (κ1) is 17.8. The van der Waals surface area contributed by atoms with Crippen molar-refractivity contribution in [2.75, 3.05) is 5.75 Å². The summed E-state index contributed by atoms with van der Waals surface area (Å²) in [6, 6.07) is 4.57. The Morgan fingerprint density at radius 2 is 1.83 bits per heavy atom. The summed E-state index contributed by atoms with van der Waals surface area (Å²) < 4.78 is 58.0. The number of carboxylic acids is 1. The highest BCUT2D eigenvalue weighted by atomic mass is 32.2. The summed E-state index contributed by atoms with van der Waals surface area (Å²) in [4.78, 5) is 23.2. The molecular formula is C14H11F2NO6S. The van der Waals surface area contributed by atoms with Crippen molar-refractivity contribution in [3.8, 4) is 0 Å². The van der Waals surface area contributed by atoms with Crippen LogP contribution in [0, 0.1) is 11.6 Å². The normalized spacial score (nSPS) is 12.8. The Kier molecular flexibility index (Phi) is 4.81. The van der Waals surface area contributed by atoms with Crippen LogP contribution in [0.4, 0.5) is 8.78 Å². The first-order valence-electron chi connectivity index (χ1n) is 6.45. The minimum atomic E-state index is -4.72. The Hall–Kier alpha value is -2.59. The summed E-state index contributed by atoms with van der Waals surface area (Å²) in [5.74, 6) is -7.22. The Labute approximate surface area is 134 Å². The summed E-state index contributed by atoms with van der Waals surface area (Å²) in [6.45, 7) is 0. The zero-order valence-electron chi connectivity index (χ0n) is 11.9. The number of carbonyl (C=O) groups is 2. The summed E-state index contributed by atoms with van der Waals surface area (Å²) in [5, 5.41) is 10.9. The quantitative estimate of drug-likeness (QED) is 0.690. The first-order chi connectivity index (χ1) is 11.1. The molecule has 2 aromatic rings. The molecule has 0 saturated heterocycles. The van der Waals surface area contributed by atoms with E-state index in [1.807, 2.05) is 0 Å². The highest BCUT2D eigenvalue weighted by Gasteiger charge is 2.28. The Morgan fingerprint density at radius 3 is 2.42 bits per heavy atom. The molecule has 0 aliphatic carbocycles. The molecule has 1 atom stereocenters. The van der Waals surface area contributed by atoms with E-state index in [1.165, 1.54) is 24.3 Å². The molecule has 24 heavy (non-hydrogen) atoms. The van der Waals surface area contributed by atoms with Crippen molar-refractivity contribution >= 4 is 32.8 Å². The van der Waals surface area contributed by atoms with Gasteiger partial charge < -0.3 is 10.4 Å². The molecule has 0 spiro atoms. The van der Waals surface area contributed by atoms with Gasteiger partial charge in [0.25, 0.3) is 16.0 Å². The molecule has 0 aliphatic rings. The number of fused-ring (bicyclic) bond motifs is 1. The van der Waals surface area contributed by atoms with Crippen LogP contribution in [0.1, 0.15) is 10.4 Å². The fraction of sp³-hybridized carbons (Fsp3) is 0.143. The number of rotatable bonds is 5. The topological polar surface area (TPSA) is 121 Å². The molecule has 0 fully saturated rings. The van der Waals surface area contributed by atoms with Gasteiger partial charge in [-0.25, -0.2) is 13.6 Å². The van der Waals surface area contributed by atoms with Gasteiger partial charge in [0, 0.05) is 0 Å². The van der Waals surface area contributed by atoms with Gasteiger partial charge in [0.05, 0.1) is 5.56 Å². The van der Waals surface area contributed by atoms with E-state index < -0.39 is 51.0 Å². The number of carbonyl (C=O) groups excluding carboxylic acids is 1. The van der Waals surface area contributed by atoms with Gasteiger partial charge >= 0.3 is 5.97 Å². The van der Waals surface area contributed by atoms with E-state index in [0.717, 1.165) is 6.07 Å². The van der Waals surface area contributed by atoms with Crippen LogP contribution in [0.5, 0.6) is 0 Å². The van der Waals surface area contributed by atoms with Gasteiger partial charge in [0.2, 0.25) is 0 Å². The van der Waals surface area contributed by atoms with E-state index >= 15 is 0 Å². The average Bonchev–Trinajstić information content (AvgIpc) is 2.46. The molecule has 128 valence electrons. The monoisotopic (exact) mass is 359 g/mol. The van der Waals surface area contributed by atoms with Crippen molar-refractivity contribution < 1.29 is 36.4 Å². The second-order valence-electron chi connectivity index (χ2n) is 4.88. The first-order valence-corrected chi connectivity index (χ1v) is 8.06. The van der Waals surface area contributed by atoms with Crippen LogP contribution >= 0.6 is 0 Å².